The molecule has 2 atom stereocenters. The number of carbonyl (C=O) groups excluding carboxylic acids is 2. The van der Waals surface area contributed by atoms with Crippen LogP contribution in [0.2, 0.25) is 0 Å². The van der Waals surface area contributed by atoms with Gasteiger partial charge in [-0.2, -0.15) is 0 Å². The fourth-order valence-corrected chi connectivity index (χ4v) is 2.84. The lowest BCUT2D eigenvalue weighted by Gasteiger charge is -2.36. The summed E-state index contributed by atoms with van der Waals surface area (Å²) < 4.78 is 5.78. The summed E-state index contributed by atoms with van der Waals surface area (Å²) in [5, 5.41) is 2.85. The summed E-state index contributed by atoms with van der Waals surface area (Å²) in [6.07, 6.45) is 2.02. The number of unbranched alkanes of at least 4 members (excludes halogenated alkanes) is 1. The van der Waals surface area contributed by atoms with Gasteiger partial charge in [0, 0.05) is 13.1 Å². The predicted octanol–water partition coefficient (Wildman–Crippen LogP) is 2.28. The molecule has 1 aliphatic rings. The minimum absolute atomic E-state index is 0.0548. The predicted molar refractivity (Wildman–Crippen MR) is 89.3 cm³/mol. The number of nitrogens with one attached hydrogen (secondary N) is 1. The summed E-state index contributed by atoms with van der Waals surface area (Å²) >= 11 is 0. The highest BCUT2D eigenvalue weighted by molar-refractivity contribution is 5.90. The van der Waals surface area contributed by atoms with E-state index in [9.17, 15) is 9.59 Å². The standard InChI is InChI=1S/C18H26N2O3/c1-4-5-9-16-17(21)19-10-11-20(16)18(22)14(3)23-15-8-6-7-13(2)12-15/h6-8,12,14,16H,4-5,9-11H2,1-3H3,(H,19,21)/t14-,16-/m0/s1. The fourth-order valence-electron chi connectivity index (χ4n) is 2.84. The molecule has 23 heavy (non-hydrogen) atoms. The van der Waals surface area contributed by atoms with E-state index in [1.807, 2.05) is 31.2 Å². The monoisotopic (exact) mass is 318 g/mol. The molecule has 1 fully saturated rings. The van der Waals surface area contributed by atoms with Crippen molar-refractivity contribution < 1.29 is 14.3 Å². The van der Waals surface area contributed by atoms with Crippen molar-refractivity contribution in [3.05, 3.63) is 29.8 Å². The summed E-state index contributed by atoms with van der Waals surface area (Å²) in [6.45, 7) is 6.85. The quantitative estimate of drug-likeness (QED) is 0.875. The van der Waals surface area contributed by atoms with Gasteiger partial charge in [-0.15, -0.1) is 0 Å². The van der Waals surface area contributed by atoms with E-state index in [-0.39, 0.29) is 17.9 Å². The second-order valence-corrected chi connectivity index (χ2v) is 6.06. The maximum absolute atomic E-state index is 12.7. The number of hydrogen-bond donors (Lipinski definition) is 1. The van der Waals surface area contributed by atoms with Crippen molar-refractivity contribution >= 4 is 11.8 Å². The average molecular weight is 318 g/mol. The van der Waals surface area contributed by atoms with E-state index in [0.29, 0.717) is 25.3 Å². The lowest BCUT2D eigenvalue weighted by Crippen LogP contribution is -2.59. The number of piperazine rings is 1. The maximum Gasteiger partial charge on any atom is 0.264 e. The first-order chi connectivity index (χ1) is 11.0. The molecule has 0 radical (unpaired) electrons. The van der Waals surface area contributed by atoms with Crippen LogP contribution in [0.3, 0.4) is 0 Å². The molecule has 1 aliphatic heterocycles. The fraction of sp³-hybridized carbons (Fsp3) is 0.556. The Labute approximate surface area is 138 Å². The van der Waals surface area contributed by atoms with Crippen LogP contribution in [0, 0.1) is 6.92 Å². The van der Waals surface area contributed by atoms with Crippen LogP contribution in [0.25, 0.3) is 0 Å². The van der Waals surface area contributed by atoms with E-state index in [4.69, 9.17) is 4.74 Å². The Balaban J connectivity index is 2.05. The molecule has 2 amide bonds. The van der Waals surface area contributed by atoms with Crippen molar-refractivity contribution in [1.82, 2.24) is 10.2 Å². The molecule has 2 rings (SSSR count). The van der Waals surface area contributed by atoms with Crippen LogP contribution in [0.15, 0.2) is 24.3 Å². The summed E-state index contributed by atoms with van der Waals surface area (Å²) in [5.74, 6) is 0.501. The normalized spacial score (nSPS) is 19.2. The number of carbonyl (C=O) groups is 2. The van der Waals surface area contributed by atoms with Gasteiger partial charge in [-0.3, -0.25) is 9.59 Å². The molecule has 1 N–H and O–H groups in total. The molecule has 1 aromatic carbocycles. The largest absolute Gasteiger partial charge is 0.481 e. The number of amides is 2. The van der Waals surface area contributed by atoms with Crippen LogP contribution in [0.5, 0.6) is 5.75 Å². The molecule has 0 bridgehead atoms. The maximum atomic E-state index is 12.7. The number of nitrogens with zero attached hydrogens (tertiary/aromatic N) is 1. The highest BCUT2D eigenvalue weighted by atomic mass is 16.5. The van der Waals surface area contributed by atoms with Crippen molar-refractivity contribution in [3.63, 3.8) is 0 Å². The summed E-state index contributed by atoms with van der Waals surface area (Å²) in [5.41, 5.74) is 1.08. The molecule has 1 saturated heterocycles. The zero-order valence-corrected chi connectivity index (χ0v) is 14.2. The third kappa shape index (κ3) is 4.47. The minimum Gasteiger partial charge on any atom is -0.481 e. The van der Waals surface area contributed by atoms with Crippen LogP contribution in [-0.4, -0.2) is 41.9 Å². The molecule has 0 aliphatic carbocycles. The highest BCUT2D eigenvalue weighted by Gasteiger charge is 2.35. The molecule has 0 unspecified atom stereocenters. The van der Waals surface area contributed by atoms with Gasteiger partial charge in [0.15, 0.2) is 6.10 Å². The summed E-state index contributed by atoms with van der Waals surface area (Å²) in [4.78, 5) is 26.5. The van der Waals surface area contributed by atoms with Gasteiger partial charge in [0.1, 0.15) is 11.8 Å². The Morgan fingerprint density at radius 1 is 1.48 bits per heavy atom. The second-order valence-electron chi connectivity index (χ2n) is 6.06. The average Bonchev–Trinajstić information content (AvgIpc) is 2.53. The molecule has 126 valence electrons. The van der Waals surface area contributed by atoms with E-state index >= 15 is 0 Å². The molecule has 0 spiro atoms. The topological polar surface area (TPSA) is 58.6 Å². The molecule has 0 saturated carbocycles. The molecule has 5 heteroatoms. The van der Waals surface area contributed by atoms with Gasteiger partial charge in [-0.1, -0.05) is 31.9 Å². The summed E-state index contributed by atoms with van der Waals surface area (Å²) in [7, 11) is 0. The van der Waals surface area contributed by atoms with E-state index < -0.39 is 6.10 Å². The first kappa shape index (κ1) is 17.3. The van der Waals surface area contributed by atoms with Crippen molar-refractivity contribution in [2.75, 3.05) is 13.1 Å². The molecule has 1 aromatic rings. The Kier molecular flexibility index (Phi) is 6.02. The van der Waals surface area contributed by atoms with Crippen molar-refractivity contribution in [2.45, 2.75) is 52.2 Å². The van der Waals surface area contributed by atoms with Gasteiger partial charge in [-0.25, -0.2) is 0 Å². The second kappa shape index (κ2) is 7.99. The molecule has 5 nitrogen and oxygen atoms in total. The highest BCUT2D eigenvalue weighted by Crippen LogP contribution is 2.18. The zero-order valence-electron chi connectivity index (χ0n) is 14.2. The number of ether oxygens (including phenoxy) is 1. The van der Waals surface area contributed by atoms with Gasteiger partial charge in [0.05, 0.1) is 0 Å². The third-order valence-corrected chi connectivity index (χ3v) is 4.10. The van der Waals surface area contributed by atoms with Crippen molar-refractivity contribution in [2.24, 2.45) is 0 Å². The number of aryl methyl sites for hydroxylation is 1. The zero-order chi connectivity index (χ0) is 16.8. The van der Waals surface area contributed by atoms with Gasteiger partial charge in [0.2, 0.25) is 5.91 Å². The van der Waals surface area contributed by atoms with Gasteiger partial charge in [-0.05, 0) is 38.0 Å². The Morgan fingerprint density at radius 2 is 2.26 bits per heavy atom. The van der Waals surface area contributed by atoms with Crippen LogP contribution >= 0.6 is 0 Å². The van der Waals surface area contributed by atoms with Gasteiger partial charge < -0.3 is 15.0 Å². The van der Waals surface area contributed by atoms with E-state index in [0.717, 1.165) is 18.4 Å². The van der Waals surface area contributed by atoms with Gasteiger partial charge >= 0.3 is 0 Å². The lowest BCUT2D eigenvalue weighted by atomic mass is 10.0. The van der Waals surface area contributed by atoms with Crippen LogP contribution < -0.4 is 10.1 Å². The third-order valence-electron chi connectivity index (χ3n) is 4.10. The van der Waals surface area contributed by atoms with Crippen LogP contribution in [0.1, 0.15) is 38.7 Å². The SMILES string of the molecule is CCCC[C@H]1C(=O)NCCN1C(=O)[C@H](C)Oc1cccc(C)c1. The summed E-state index contributed by atoms with van der Waals surface area (Å²) in [6, 6.07) is 7.25. The van der Waals surface area contributed by atoms with Crippen molar-refractivity contribution in [1.29, 1.82) is 0 Å². The smallest absolute Gasteiger partial charge is 0.264 e. The first-order valence-corrected chi connectivity index (χ1v) is 8.34. The number of hydrogen-bond acceptors (Lipinski definition) is 3. The van der Waals surface area contributed by atoms with E-state index in [1.165, 1.54) is 0 Å². The molecular weight excluding hydrogens is 292 g/mol. The lowest BCUT2D eigenvalue weighted by molar-refractivity contribution is -0.148. The van der Waals surface area contributed by atoms with E-state index in [2.05, 4.69) is 12.2 Å². The van der Waals surface area contributed by atoms with Crippen LogP contribution in [-0.2, 0) is 9.59 Å². The van der Waals surface area contributed by atoms with Crippen molar-refractivity contribution in [3.8, 4) is 5.75 Å². The molecular formula is C18H26N2O3. The Morgan fingerprint density at radius 3 is 2.96 bits per heavy atom. The molecule has 1 heterocycles. The minimum atomic E-state index is -0.605. The first-order valence-electron chi connectivity index (χ1n) is 8.34. The van der Waals surface area contributed by atoms with Crippen LogP contribution in [0.4, 0.5) is 0 Å². The number of benzene rings is 1. The number of rotatable bonds is 6. The molecule has 0 aromatic heterocycles. The van der Waals surface area contributed by atoms with Gasteiger partial charge in [0.25, 0.3) is 5.91 Å². The van der Waals surface area contributed by atoms with E-state index in [1.54, 1.807) is 11.8 Å². The Hall–Kier alpha value is -2.04. The Bertz CT molecular complexity index is 559.